The van der Waals surface area contributed by atoms with Crippen LogP contribution in [0.2, 0.25) is 0 Å². The van der Waals surface area contributed by atoms with Gasteiger partial charge in [-0.2, -0.15) is 0 Å². The highest BCUT2D eigenvalue weighted by Crippen LogP contribution is 2.47. The number of carbonyl (C=O) groups excluding carboxylic acids is 1. The first-order valence-electron chi connectivity index (χ1n) is 6.84. The van der Waals surface area contributed by atoms with Gasteiger partial charge >= 0.3 is 5.97 Å². The van der Waals surface area contributed by atoms with Gasteiger partial charge in [-0.3, -0.25) is 0 Å². The molecule has 0 radical (unpaired) electrons. The van der Waals surface area contributed by atoms with E-state index in [1.165, 1.54) is 7.11 Å². The molecular weight excluding hydrogens is 348 g/mol. The third-order valence-electron chi connectivity index (χ3n) is 4.04. The lowest BCUT2D eigenvalue weighted by Crippen LogP contribution is -2.33. The van der Waals surface area contributed by atoms with Gasteiger partial charge in [0.25, 0.3) is 0 Å². The van der Waals surface area contributed by atoms with Crippen molar-refractivity contribution in [1.29, 1.82) is 0 Å². The third-order valence-corrected chi connectivity index (χ3v) is 4.63. The first-order valence-corrected chi connectivity index (χ1v) is 7.63. The Morgan fingerprint density at radius 1 is 1.36 bits per heavy atom. The monoisotopic (exact) mass is 362 g/mol. The zero-order valence-corrected chi connectivity index (χ0v) is 13.6. The fraction of sp³-hybridized carbons (Fsp3) is 0.235. The maximum Gasteiger partial charge on any atom is 0.337 e. The summed E-state index contributed by atoms with van der Waals surface area (Å²) in [5.41, 5.74) is 1.48. The van der Waals surface area contributed by atoms with Crippen molar-refractivity contribution in [3.05, 3.63) is 63.6 Å². The first kappa shape index (κ1) is 15.1. The molecule has 4 nitrogen and oxygen atoms in total. The van der Waals surface area contributed by atoms with Crippen LogP contribution in [-0.4, -0.2) is 31.4 Å². The zero-order valence-electron chi connectivity index (χ0n) is 12.0. The lowest BCUT2D eigenvalue weighted by Gasteiger charge is -2.26. The van der Waals surface area contributed by atoms with Crippen LogP contribution in [0.1, 0.15) is 21.5 Å². The van der Waals surface area contributed by atoms with E-state index in [0.29, 0.717) is 22.4 Å². The molecule has 0 bridgehead atoms. The molecule has 22 heavy (non-hydrogen) atoms. The molecule has 1 atom stereocenters. The smallest absolute Gasteiger partial charge is 0.337 e. The zero-order chi connectivity index (χ0) is 15.7. The van der Waals surface area contributed by atoms with E-state index >= 15 is 0 Å². The number of halogens is 1. The number of methoxy groups -OCH3 is 1. The van der Waals surface area contributed by atoms with Crippen molar-refractivity contribution < 1.29 is 19.4 Å². The lowest BCUT2D eigenvalue weighted by atomic mass is 9.76. The van der Waals surface area contributed by atoms with Gasteiger partial charge in [-0.25, -0.2) is 4.79 Å². The number of esters is 1. The van der Waals surface area contributed by atoms with Gasteiger partial charge in [0.15, 0.2) is 0 Å². The summed E-state index contributed by atoms with van der Waals surface area (Å²) < 4.78 is 11.3. The van der Waals surface area contributed by atoms with Gasteiger partial charge in [-0.15, -0.1) is 0 Å². The summed E-state index contributed by atoms with van der Waals surface area (Å²) in [5, 5.41) is 10.1. The van der Waals surface area contributed by atoms with Crippen molar-refractivity contribution in [3.63, 3.8) is 0 Å². The molecule has 2 aromatic carbocycles. The minimum Gasteiger partial charge on any atom is -0.491 e. The molecule has 1 heterocycles. The van der Waals surface area contributed by atoms with E-state index in [2.05, 4.69) is 15.9 Å². The van der Waals surface area contributed by atoms with Gasteiger partial charge in [0.05, 0.1) is 29.2 Å². The number of aliphatic hydroxyl groups is 1. The second-order valence-electron chi connectivity index (χ2n) is 5.22. The molecule has 0 spiro atoms. The van der Waals surface area contributed by atoms with E-state index in [4.69, 9.17) is 9.47 Å². The van der Waals surface area contributed by atoms with E-state index in [9.17, 15) is 9.90 Å². The topological polar surface area (TPSA) is 55.8 Å². The van der Waals surface area contributed by atoms with Gasteiger partial charge in [0.2, 0.25) is 0 Å². The van der Waals surface area contributed by atoms with Crippen LogP contribution >= 0.6 is 15.9 Å². The minimum absolute atomic E-state index is 0.110. The van der Waals surface area contributed by atoms with Crippen LogP contribution in [0.15, 0.2) is 46.9 Å². The second-order valence-corrected chi connectivity index (χ2v) is 6.08. The van der Waals surface area contributed by atoms with Gasteiger partial charge in [-0.05, 0) is 33.6 Å². The third kappa shape index (κ3) is 2.21. The maximum absolute atomic E-state index is 11.9. The summed E-state index contributed by atoms with van der Waals surface area (Å²) >= 11 is 3.43. The quantitative estimate of drug-likeness (QED) is 0.853. The molecule has 0 amide bonds. The van der Waals surface area contributed by atoms with Crippen molar-refractivity contribution in [2.45, 2.75) is 5.41 Å². The second kappa shape index (κ2) is 5.74. The summed E-state index contributed by atoms with van der Waals surface area (Å²) in [6.45, 7) is 0.215. The molecule has 0 aromatic heterocycles. The molecule has 1 aliphatic rings. The van der Waals surface area contributed by atoms with Crippen molar-refractivity contribution in [2.24, 2.45) is 0 Å². The molecule has 0 saturated carbocycles. The van der Waals surface area contributed by atoms with Crippen LogP contribution in [0, 0.1) is 0 Å². The SMILES string of the molecule is COC(=O)c1cc(Br)c2c(c1)C(CO)(c1ccccc1)CO2. The first-order chi connectivity index (χ1) is 10.6. The Hall–Kier alpha value is -1.85. The van der Waals surface area contributed by atoms with E-state index < -0.39 is 11.4 Å². The number of benzene rings is 2. The number of hydrogen-bond donors (Lipinski definition) is 1. The van der Waals surface area contributed by atoms with E-state index in [-0.39, 0.29) is 6.61 Å². The van der Waals surface area contributed by atoms with Gasteiger partial charge in [-0.1, -0.05) is 30.3 Å². The molecule has 5 heteroatoms. The average Bonchev–Trinajstić information content (AvgIpc) is 2.95. The minimum atomic E-state index is -0.677. The molecule has 2 aromatic rings. The van der Waals surface area contributed by atoms with Crippen LogP contribution < -0.4 is 4.74 Å². The highest BCUT2D eigenvalue weighted by Gasteiger charge is 2.43. The Labute approximate surface area is 136 Å². The number of fused-ring (bicyclic) bond motifs is 1. The van der Waals surface area contributed by atoms with Crippen LogP contribution in [0.5, 0.6) is 5.75 Å². The fourth-order valence-electron chi connectivity index (χ4n) is 2.82. The molecular formula is C17H15BrO4. The van der Waals surface area contributed by atoms with Crippen molar-refractivity contribution in [1.82, 2.24) is 0 Å². The summed E-state index contributed by atoms with van der Waals surface area (Å²) in [4.78, 5) is 11.9. The molecule has 0 fully saturated rings. The predicted molar refractivity (Wildman–Crippen MR) is 85.3 cm³/mol. The molecule has 1 unspecified atom stereocenters. The summed E-state index contributed by atoms with van der Waals surface area (Å²) in [5.74, 6) is 0.237. The Morgan fingerprint density at radius 3 is 2.73 bits per heavy atom. The maximum atomic E-state index is 11.9. The standard InChI is InChI=1S/C17H15BrO4/c1-21-16(20)11-7-13-15(14(18)8-11)22-10-17(13,9-19)12-5-3-2-4-6-12/h2-8,19H,9-10H2,1H3. The van der Waals surface area contributed by atoms with E-state index in [1.54, 1.807) is 12.1 Å². The summed E-state index contributed by atoms with van der Waals surface area (Å²) in [6, 6.07) is 13.1. The molecule has 114 valence electrons. The number of aliphatic hydroxyl groups excluding tert-OH is 1. The van der Waals surface area contributed by atoms with E-state index in [0.717, 1.165) is 11.1 Å². The molecule has 0 saturated heterocycles. The van der Waals surface area contributed by atoms with Crippen LogP contribution in [0.25, 0.3) is 0 Å². The van der Waals surface area contributed by atoms with Gasteiger partial charge in [0, 0.05) is 5.56 Å². The van der Waals surface area contributed by atoms with Gasteiger partial charge in [0.1, 0.15) is 12.4 Å². The lowest BCUT2D eigenvalue weighted by molar-refractivity contribution is 0.0600. The highest BCUT2D eigenvalue weighted by molar-refractivity contribution is 9.10. The highest BCUT2D eigenvalue weighted by atomic mass is 79.9. The largest absolute Gasteiger partial charge is 0.491 e. The molecule has 1 N–H and O–H groups in total. The Kier molecular flexibility index (Phi) is 3.93. The van der Waals surface area contributed by atoms with Crippen LogP contribution in [0.4, 0.5) is 0 Å². The van der Waals surface area contributed by atoms with Crippen molar-refractivity contribution in [2.75, 3.05) is 20.3 Å². The van der Waals surface area contributed by atoms with Crippen molar-refractivity contribution in [3.8, 4) is 5.75 Å². The Bertz CT molecular complexity index is 714. The molecule has 1 aliphatic heterocycles. The fourth-order valence-corrected chi connectivity index (χ4v) is 3.40. The number of carbonyl (C=O) groups is 1. The van der Waals surface area contributed by atoms with Crippen LogP contribution in [-0.2, 0) is 10.2 Å². The Morgan fingerprint density at radius 2 is 2.09 bits per heavy atom. The molecule has 0 aliphatic carbocycles. The van der Waals surface area contributed by atoms with Crippen molar-refractivity contribution >= 4 is 21.9 Å². The number of hydrogen-bond acceptors (Lipinski definition) is 4. The number of rotatable bonds is 3. The Balaban J connectivity index is 2.21. The predicted octanol–water partition coefficient (Wildman–Crippen LogP) is 2.91. The summed E-state index contributed by atoms with van der Waals surface area (Å²) in [7, 11) is 1.34. The normalized spacial score (nSPS) is 19.4. The van der Waals surface area contributed by atoms with Crippen LogP contribution in [0.3, 0.4) is 0 Å². The van der Waals surface area contributed by atoms with E-state index in [1.807, 2.05) is 30.3 Å². The molecule has 3 rings (SSSR count). The average molecular weight is 363 g/mol. The van der Waals surface area contributed by atoms with Gasteiger partial charge < -0.3 is 14.6 Å². The summed E-state index contributed by atoms with van der Waals surface area (Å²) in [6.07, 6.45) is 0. The number of ether oxygens (including phenoxy) is 2.